The minimum absolute atomic E-state index is 0.833. The number of hydrogen-bond acceptors (Lipinski definition) is 3. The Labute approximate surface area is 41.9 Å². The number of hydrogen-bond donors (Lipinski definition) is 0. The Bertz CT molecular complexity index is 142. The zero-order valence-corrected chi connectivity index (χ0v) is 4.29. The van der Waals surface area contributed by atoms with Crippen molar-refractivity contribution in [3.63, 3.8) is 0 Å². The molecule has 1 heterocycles. The van der Waals surface area contributed by atoms with Crippen LogP contribution in [0.5, 0.6) is 0 Å². The maximum atomic E-state index is 3.62. The summed E-state index contributed by atoms with van der Waals surface area (Å²) in [5, 5.41) is 10.6. The van der Waals surface area contributed by atoms with Crippen LogP contribution in [0.15, 0.2) is 0 Å². The lowest BCUT2D eigenvalue weighted by molar-refractivity contribution is 0.720. The van der Waals surface area contributed by atoms with Gasteiger partial charge in [0, 0.05) is 7.05 Å². The van der Waals surface area contributed by atoms with E-state index < -0.39 is 0 Å². The van der Waals surface area contributed by atoms with Crippen LogP contribution in [0.25, 0.3) is 0 Å². The molecule has 1 aromatic heterocycles. The largest absolute Gasteiger partial charge is 0.243 e. The molecule has 0 amide bonds. The van der Waals surface area contributed by atoms with Crippen molar-refractivity contribution in [1.29, 1.82) is 0 Å². The first-order valence-corrected chi connectivity index (χ1v) is 1.99. The lowest BCUT2D eigenvalue weighted by atomic mass is 10.1. The van der Waals surface area contributed by atoms with E-state index in [4.69, 9.17) is 0 Å². The number of rotatable bonds is 0. The van der Waals surface area contributed by atoms with Crippen molar-refractivity contribution in [2.24, 2.45) is 7.05 Å². The lowest BCUT2D eigenvalue weighted by Crippen LogP contribution is -2.16. The molecule has 7 heavy (non-hydrogen) atoms. The second-order valence-electron chi connectivity index (χ2n) is 1.35. The third kappa shape index (κ3) is 0.605. The predicted molar refractivity (Wildman–Crippen MR) is 27.0 cm³/mol. The monoisotopic (exact) mass is 96.1 g/mol. The minimum Gasteiger partial charge on any atom is -0.243 e. The highest BCUT2D eigenvalue weighted by Gasteiger charge is 1.87. The summed E-state index contributed by atoms with van der Waals surface area (Å²) >= 11 is 0. The fraction of sp³-hybridized carbons (Fsp3) is 0.500. The topological polar surface area (TPSA) is 43.6 Å². The number of aryl methyl sites for hydroxylation is 1. The van der Waals surface area contributed by atoms with Gasteiger partial charge in [-0.05, 0) is 10.4 Å². The molecule has 1 aromatic rings. The summed E-state index contributed by atoms with van der Waals surface area (Å²) in [5.74, 6) is 0. The summed E-state index contributed by atoms with van der Waals surface area (Å²) in [5.41, 5.74) is 0.833. The Kier molecular flexibility index (Phi) is 0.815. The molecule has 4 nitrogen and oxygen atoms in total. The van der Waals surface area contributed by atoms with E-state index in [0.717, 1.165) is 5.72 Å². The quantitative estimate of drug-likeness (QED) is 0.334. The van der Waals surface area contributed by atoms with E-state index in [1.807, 2.05) is 7.85 Å². The van der Waals surface area contributed by atoms with Crippen molar-refractivity contribution in [1.82, 2.24) is 20.2 Å². The molecule has 0 N–H and O–H groups in total. The summed E-state index contributed by atoms with van der Waals surface area (Å²) in [4.78, 5) is 0. The Hall–Kier alpha value is -0.865. The Morgan fingerprint density at radius 3 is 2.57 bits per heavy atom. The SMILES string of the molecule is Bc1nnnn1C. The molecular weight excluding hydrogens is 90.9 g/mol. The molecule has 0 unspecified atom stereocenters. The fourth-order valence-corrected chi connectivity index (χ4v) is 0.274. The van der Waals surface area contributed by atoms with E-state index in [1.165, 1.54) is 0 Å². The summed E-state index contributed by atoms with van der Waals surface area (Å²) in [6.45, 7) is 0. The van der Waals surface area contributed by atoms with Crippen LogP contribution < -0.4 is 5.72 Å². The second kappa shape index (κ2) is 1.33. The van der Waals surface area contributed by atoms with Crippen molar-refractivity contribution in [2.45, 2.75) is 0 Å². The van der Waals surface area contributed by atoms with Crippen molar-refractivity contribution in [2.75, 3.05) is 0 Å². The number of tetrazole rings is 1. The summed E-state index contributed by atoms with van der Waals surface area (Å²) in [6.07, 6.45) is 0. The molecule has 0 aliphatic heterocycles. The average Bonchev–Trinajstić information content (AvgIpc) is 1.91. The van der Waals surface area contributed by atoms with Crippen molar-refractivity contribution >= 4 is 13.6 Å². The first-order valence-electron chi connectivity index (χ1n) is 1.99. The minimum atomic E-state index is 0.833. The van der Waals surface area contributed by atoms with Crippen molar-refractivity contribution in [3.8, 4) is 0 Å². The molecule has 0 spiro atoms. The van der Waals surface area contributed by atoms with Gasteiger partial charge in [-0.1, -0.05) is 0 Å². The van der Waals surface area contributed by atoms with E-state index in [0.29, 0.717) is 0 Å². The van der Waals surface area contributed by atoms with Gasteiger partial charge in [-0.15, -0.1) is 5.10 Å². The molecule has 0 saturated heterocycles. The molecule has 5 heteroatoms. The molecule has 0 atom stereocenters. The molecule has 0 radical (unpaired) electrons. The molecule has 0 aromatic carbocycles. The van der Waals surface area contributed by atoms with Crippen molar-refractivity contribution < 1.29 is 0 Å². The van der Waals surface area contributed by atoms with Gasteiger partial charge >= 0.3 is 0 Å². The van der Waals surface area contributed by atoms with Crippen LogP contribution in [0, 0.1) is 0 Å². The highest BCUT2D eigenvalue weighted by molar-refractivity contribution is 6.28. The van der Waals surface area contributed by atoms with Gasteiger partial charge in [-0.25, -0.2) is 4.68 Å². The molecule has 0 bridgehead atoms. The van der Waals surface area contributed by atoms with Crippen LogP contribution in [-0.2, 0) is 7.05 Å². The van der Waals surface area contributed by atoms with Crippen LogP contribution in [-0.4, -0.2) is 28.1 Å². The van der Waals surface area contributed by atoms with E-state index in [9.17, 15) is 0 Å². The third-order valence-electron chi connectivity index (χ3n) is 0.832. The van der Waals surface area contributed by atoms with Crippen molar-refractivity contribution in [3.05, 3.63) is 0 Å². The van der Waals surface area contributed by atoms with Gasteiger partial charge in [0.15, 0.2) is 7.85 Å². The van der Waals surface area contributed by atoms with Gasteiger partial charge in [0.05, 0.1) is 0 Å². The molecule has 0 aliphatic carbocycles. The van der Waals surface area contributed by atoms with Crippen LogP contribution in [0.1, 0.15) is 0 Å². The average molecular weight is 95.9 g/mol. The van der Waals surface area contributed by atoms with E-state index in [2.05, 4.69) is 15.5 Å². The van der Waals surface area contributed by atoms with Gasteiger partial charge in [0.2, 0.25) is 0 Å². The van der Waals surface area contributed by atoms with E-state index in [-0.39, 0.29) is 0 Å². The van der Waals surface area contributed by atoms with Crippen LogP contribution in [0.3, 0.4) is 0 Å². The molecule has 0 fully saturated rings. The zero-order valence-electron chi connectivity index (χ0n) is 4.29. The standard InChI is InChI=1S/C2H5BN4/c1-7-2(3)4-5-6-7/h3H2,1H3. The third-order valence-corrected chi connectivity index (χ3v) is 0.832. The fourth-order valence-electron chi connectivity index (χ4n) is 0.274. The molecule has 0 saturated carbocycles. The van der Waals surface area contributed by atoms with E-state index >= 15 is 0 Å². The molecule has 0 aliphatic rings. The first-order chi connectivity index (χ1) is 3.30. The summed E-state index contributed by atoms with van der Waals surface area (Å²) < 4.78 is 1.61. The molecular formula is C2H5BN4. The lowest BCUT2D eigenvalue weighted by Gasteiger charge is -1.82. The Morgan fingerprint density at radius 1 is 1.71 bits per heavy atom. The molecule has 36 valence electrons. The van der Waals surface area contributed by atoms with Gasteiger partial charge in [0.1, 0.15) is 5.72 Å². The maximum Gasteiger partial charge on any atom is 0.191 e. The number of aromatic nitrogens is 4. The smallest absolute Gasteiger partial charge is 0.191 e. The van der Waals surface area contributed by atoms with Crippen LogP contribution in [0.4, 0.5) is 0 Å². The van der Waals surface area contributed by atoms with Gasteiger partial charge in [0.25, 0.3) is 0 Å². The highest BCUT2D eigenvalue weighted by Crippen LogP contribution is 1.54. The van der Waals surface area contributed by atoms with E-state index in [1.54, 1.807) is 11.7 Å². The van der Waals surface area contributed by atoms with Gasteiger partial charge in [-0.3, -0.25) is 0 Å². The summed E-state index contributed by atoms with van der Waals surface area (Å²) in [6, 6.07) is 0. The van der Waals surface area contributed by atoms with Crippen LogP contribution in [0.2, 0.25) is 0 Å². The molecule has 1 rings (SSSR count). The first kappa shape index (κ1) is 4.30. The second-order valence-corrected chi connectivity index (χ2v) is 1.35. The maximum absolute atomic E-state index is 3.62. The predicted octanol–water partition coefficient (Wildman–Crippen LogP) is -2.53. The van der Waals surface area contributed by atoms with Gasteiger partial charge in [-0.2, -0.15) is 0 Å². The van der Waals surface area contributed by atoms with Crippen LogP contribution >= 0.6 is 0 Å². The van der Waals surface area contributed by atoms with Gasteiger partial charge < -0.3 is 0 Å². The summed E-state index contributed by atoms with van der Waals surface area (Å²) in [7, 11) is 3.65. The Morgan fingerprint density at radius 2 is 2.43 bits per heavy atom. The normalized spacial score (nSPS) is 9.29. The Balaban J connectivity index is 3.12. The number of nitrogens with zero attached hydrogens (tertiary/aromatic N) is 4. The highest BCUT2D eigenvalue weighted by atomic mass is 15.5. The zero-order chi connectivity index (χ0) is 5.28.